The molecule has 0 amide bonds. The van der Waals surface area contributed by atoms with Crippen LogP contribution in [0.2, 0.25) is 0 Å². The van der Waals surface area contributed by atoms with Crippen LogP contribution in [0.25, 0.3) is 5.65 Å². The van der Waals surface area contributed by atoms with Gasteiger partial charge in [-0.2, -0.15) is 5.10 Å². The molecule has 146 valence electrons. The van der Waals surface area contributed by atoms with Gasteiger partial charge in [-0.05, 0) is 48.9 Å². The molecular formula is C21H18BrN5O2. The molecule has 0 bridgehead atoms. The van der Waals surface area contributed by atoms with E-state index in [0.29, 0.717) is 23.6 Å². The first kappa shape index (κ1) is 18.9. The first-order valence-electron chi connectivity index (χ1n) is 8.93. The van der Waals surface area contributed by atoms with Crippen LogP contribution in [0.3, 0.4) is 0 Å². The number of aromatic nitrogens is 2. The van der Waals surface area contributed by atoms with Crippen molar-refractivity contribution in [1.29, 1.82) is 0 Å². The molecule has 0 saturated heterocycles. The van der Waals surface area contributed by atoms with Gasteiger partial charge in [-0.15, -0.1) is 0 Å². The van der Waals surface area contributed by atoms with Crippen molar-refractivity contribution in [3.63, 3.8) is 0 Å². The highest BCUT2D eigenvalue weighted by atomic mass is 79.9. The van der Waals surface area contributed by atoms with Crippen LogP contribution in [0.15, 0.2) is 80.0 Å². The number of anilines is 2. The molecule has 0 saturated carbocycles. The topological polar surface area (TPSA) is 83.9 Å². The number of aryl methyl sites for hydroxylation is 1. The van der Waals surface area contributed by atoms with Gasteiger partial charge in [-0.25, -0.2) is 4.98 Å². The van der Waals surface area contributed by atoms with E-state index in [9.17, 15) is 4.79 Å². The molecule has 3 aromatic heterocycles. The molecule has 4 rings (SSSR count). The van der Waals surface area contributed by atoms with Gasteiger partial charge < -0.3 is 9.73 Å². The summed E-state index contributed by atoms with van der Waals surface area (Å²) in [5.41, 5.74) is 6.39. The smallest absolute Gasteiger partial charge is 0.268 e. The SMILES string of the molecule is Cc1ccc2nc(NCc3ccoc3)c(C=NNc3ccc(Br)cc3)c(=O)n2c1. The predicted octanol–water partition coefficient (Wildman–Crippen LogP) is 4.42. The van der Waals surface area contributed by atoms with E-state index in [0.717, 1.165) is 21.3 Å². The molecule has 0 aliphatic carbocycles. The van der Waals surface area contributed by atoms with Crippen molar-refractivity contribution in [3.8, 4) is 0 Å². The third-order valence-electron chi connectivity index (χ3n) is 4.28. The summed E-state index contributed by atoms with van der Waals surface area (Å²) in [5.74, 6) is 0.460. The second-order valence-electron chi connectivity index (χ2n) is 6.48. The highest BCUT2D eigenvalue weighted by molar-refractivity contribution is 9.10. The van der Waals surface area contributed by atoms with E-state index in [1.54, 1.807) is 18.7 Å². The zero-order valence-corrected chi connectivity index (χ0v) is 17.2. The van der Waals surface area contributed by atoms with Crippen LogP contribution in [-0.2, 0) is 6.54 Å². The molecule has 29 heavy (non-hydrogen) atoms. The van der Waals surface area contributed by atoms with Gasteiger partial charge in [0.2, 0.25) is 0 Å². The number of nitrogens with zero attached hydrogens (tertiary/aromatic N) is 3. The summed E-state index contributed by atoms with van der Waals surface area (Å²) >= 11 is 3.40. The lowest BCUT2D eigenvalue weighted by Gasteiger charge is -2.10. The van der Waals surface area contributed by atoms with Crippen LogP contribution in [-0.4, -0.2) is 15.6 Å². The number of halogens is 1. The van der Waals surface area contributed by atoms with E-state index in [4.69, 9.17) is 4.42 Å². The molecule has 0 aliphatic heterocycles. The molecule has 0 unspecified atom stereocenters. The summed E-state index contributed by atoms with van der Waals surface area (Å²) in [4.78, 5) is 17.7. The van der Waals surface area contributed by atoms with E-state index >= 15 is 0 Å². The third kappa shape index (κ3) is 4.38. The Morgan fingerprint density at radius 2 is 2.03 bits per heavy atom. The summed E-state index contributed by atoms with van der Waals surface area (Å²) in [6.07, 6.45) is 6.51. The second-order valence-corrected chi connectivity index (χ2v) is 7.39. The van der Waals surface area contributed by atoms with Crippen molar-refractivity contribution in [3.05, 3.63) is 92.7 Å². The molecule has 0 aliphatic rings. The maximum atomic E-state index is 13.1. The Bertz CT molecular complexity index is 1210. The van der Waals surface area contributed by atoms with Crippen molar-refractivity contribution in [2.75, 3.05) is 10.7 Å². The molecule has 7 nitrogen and oxygen atoms in total. The van der Waals surface area contributed by atoms with Crippen molar-refractivity contribution < 1.29 is 4.42 Å². The summed E-state index contributed by atoms with van der Waals surface area (Å²) in [6, 6.07) is 13.2. The first-order valence-corrected chi connectivity index (χ1v) is 9.72. The van der Waals surface area contributed by atoms with Crippen molar-refractivity contribution in [2.24, 2.45) is 5.10 Å². The fourth-order valence-corrected chi connectivity index (χ4v) is 3.05. The molecule has 0 fully saturated rings. The molecule has 0 atom stereocenters. The summed E-state index contributed by atoms with van der Waals surface area (Å²) in [7, 11) is 0. The van der Waals surface area contributed by atoms with E-state index < -0.39 is 0 Å². The van der Waals surface area contributed by atoms with Crippen LogP contribution in [0, 0.1) is 6.92 Å². The molecule has 0 radical (unpaired) electrons. The Balaban J connectivity index is 1.69. The highest BCUT2D eigenvalue weighted by Crippen LogP contribution is 2.15. The lowest BCUT2D eigenvalue weighted by atomic mass is 10.2. The lowest BCUT2D eigenvalue weighted by molar-refractivity contribution is 0.564. The Hall–Kier alpha value is -3.39. The Labute approximate surface area is 175 Å². The lowest BCUT2D eigenvalue weighted by Crippen LogP contribution is -2.22. The molecule has 0 spiro atoms. The van der Waals surface area contributed by atoms with E-state index in [2.05, 4.69) is 36.8 Å². The number of hydrogen-bond acceptors (Lipinski definition) is 6. The minimum absolute atomic E-state index is 0.199. The maximum Gasteiger partial charge on any atom is 0.268 e. The van der Waals surface area contributed by atoms with Gasteiger partial charge in [0.15, 0.2) is 0 Å². The molecule has 1 aromatic carbocycles. The van der Waals surface area contributed by atoms with E-state index in [1.807, 2.05) is 49.4 Å². The van der Waals surface area contributed by atoms with Crippen LogP contribution in [0.5, 0.6) is 0 Å². The third-order valence-corrected chi connectivity index (χ3v) is 4.81. The number of hydrogen-bond donors (Lipinski definition) is 2. The molecular weight excluding hydrogens is 434 g/mol. The van der Waals surface area contributed by atoms with Gasteiger partial charge in [0, 0.05) is 22.8 Å². The number of pyridine rings is 1. The number of benzene rings is 1. The molecule has 2 N–H and O–H groups in total. The summed E-state index contributed by atoms with van der Waals surface area (Å²) in [6.45, 7) is 2.41. The minimum Gasteiger partial charge on any atom is -0.472 e. The van der Waals surface area contributed by atoms with Crippen LogP contribution >= 0.6 is 15.9 Å². The van der Waals surface area contributed by atoms with Crippen LogP contribution in [0.1, 0.15) is 16.7 Å². The second kappa shape index (κ2) is 8.32. The molecule has 4 aromatic rings. The summed E-state index contributed by atoms with van der Waals surface area (Å²) in [5, 5.41) is 7.44. The first-order chi connectivity index (χ1) is 14.1. The average molecular weight is 452 g/mol. The number of nitrogens with one attached hydrogen (secondary N) is 2. The number of rotatable bonds is 6. The number of fused-ring (bicyclic) bond motifs is 1. The largest absolute Gasteiger partial charge is 0.472 e. The van der Waals surface area contributed by atoms with Gasteiger partial charge >= 0.3 is 0 Å². The zero-order chi connectivity index (χ0) is 20.2. The fraction of sp³-hybridized carbons (Fsp3) is 0.0952. The fourth-order valence-electron chi connectivity index (χ4n) is 2.78. The van der Waals surface area contributed by atoms with Gasteiger partial charge in [0.1, 0.15) is 17.0 Å². The average Bonchev–Trinajstić information content (AvgIpc) is 3.24. The zero-order valence-electron chi connectivity index (χ0n) is 15.6. The number of furan rings is 1. The monoisotopic (exact) mass is 451 g/mol. The van der Waals surface area contributed by atoms with Crippen molar-refractivity contribution >= 4 is 39.3 Å². The Morgan fingerprint density at radius 3 is 2.79 bits per heavy atom. The standard InChI is InChI=1S/C21H18BrN5O2/c1-14-2-7-19-25-20(23-10-15-8-9-29-13-15)18(21(28)27(19)12-14)11-24-26-17-5-3-16(22)4-6-17/h2-9,11-13,23,26H,10H2,1H3. The quantitative estimate of drug-likeness (QED) is 0.334. The minimum atomic E-state index is -0.199. The van der Waals surface area contributed by atoms with Crippen LogP contribution < -0.4 is 16.3 Å². The van der Waals surface area contributed by atoms with Crippen molar-refractivity contribution in [1.82, 2.24) is 9.38 Å². The Morgan fingerprint density at radius 1 is 1.21 bits per heavy atom. The van der Waals surface area contributed by atoms with Gasteiger partial charge in [0.05, 0.1) is 24.4 Å². The molecule has 8 heteroatoms. The van der Waals surface area contributed by atoms with E-state index in [1.165, 1.54) is 10.6 Å². The van der Waals surface area contributed by atoms with Gasteiger partial charge in [-0.1, -0.05) is 22.0 Å². The van der Waals surface area contributed by atoms with Gasteiger partial charge in [0.25, 0.3) is 5.56 Å². The Kier molecular flexibility index (Phi) is 5.44. The summed E-state index contributed by atoms with van der Waals surface area (Å²) < 4.78 is 7.60. The highest BCUT2D eigenvalue weighted by Gasteiger charge is 2.12. The molecule has 3 heterocycles. The predicted molar refractivity (Wildman–Crippen MR) is 118 cm³/mol. The van der Waals surface area contributed by atoms with Gasteiger partial charge in [-0.3, -0.25) is 14.6 Å². The van der Waals surface area contributed by atoms with Crippen molar-refractivity contribution in [2.45, 2.75) is 13.5 Å². The number of hydrazone groups is 1. The van der Waals surface area contributed by atoms with E-state index in [-0.39, 0.29) is 5.56 Å². The normalized spacial score (nSPS) is 11.2. The van der Waals surface area contributed by atoms with Crippen LogP contribution in [0.4, 0.5) is 11.5 Å². The maximum absolute atomic E-state index is 13.1.